The van der Waals surface area contributed by atoms with E-state index in [-0.39, 0.29) is 17.4 Å². The highest BCUT2D eigenvalue weighted by Gasteiger charge is 2.30. The van der Waals surface area contributed by atoms with E-state index in [1.54, 1.807) is 0 Å². The summed E-state index contributed by atoms with van der Waals surface area (Å²) in [5.74, 6) is -2.75. The normalized spacial score (nSPS) is 12.9. The van der Waals surface area contributed by atoms with E-state index in [0.29, 0.717) is 36.4 Å². The molecule has 0 aliphatic carbocycles. The number of benzene rings is 4. The molecule has 0 aliphatic heterocycles. The number of azo groups is 1. The topological polar surface area (TPSA) is 466 Å². The Balaban J connectivity index is 1.54. The first kappa shape index (κ1) is 46.3. The predicted molar refractivity (Wildman–Crippen MR) is 212 cm³/mol. The van der Waals surface area contributed by atoms with Crippen molar-refractivity contribution in [1.82, 2.24) is 15.0 Å². The number of phenols is 1. The summed E-state index contributed by atoms with van der Waals surface area (Å²) >= 11 is 6.17. The van der Waals surface area contributed by atoms with E-state index in [4.69, 9.17) is 11.6 Å². The van der Waals surface area contributed by atoms with Crippen molar-refractivity contribution >= 4 is 140 Å². The number of aromatic hydroxyl groups is 1. The molecule has 0 amide bonds. The van der Waals surface area contributed by atoms with Gasteiger partial charge in [0.25, 0.3) is 50.6 Å². The first-order chi connectivity index (χ1) is 28.8. The molecule has 332 valence electrons. The Kier molecular flexibility index (Phi) is 11.6. The maximum absolute atomic E-state index is 12.5. The largest absolute Gasteiger partial charge is 0.505 e. The van der Waals surface area contributed by atoms with Gasteiger partial charge in [-0.1, -0.05) is 0 Å². The van der Waals surface area contributed by atoms with Crippen LogP contribution in [0.25, 0.3) is 21.5 Å². The van der Waals surface area contributed by atoms with Crippen LogP contribution in [0.15, 0.2) is 83.2 Å². The summed E-state index contributed by atoms with van der Waals surface area (Å²) in [5, 5.41) is 40.7. The smallest absolute Gasteiger partial charge is 0.333 e. The molecule has 2 aromatic heterocycles. The number of nitro groups is 2. The second-order valence-electron chi connectivity index (χ2n) is 12.0. The monoisotopic (exact) mass is 1010 g/mol. The number of rotatable bonds is 13. The van der Waals surface area contributed by atoms with Crippen molar-refractivity contribution < 1.29 is 79.8 Å². The van der Waals surface area contributed by atoms with Gasteiger partial charge in [-0.15, -0.1) is 10.2 Å². The summed E-state index contributed by atoms with van der Waals surface area (Å²) in [6.07, 6.45) is 0. The molecule has 0 radical (unpaired) electrons. The van der Waals surface area contributed by atoms with Gasteiger partial charge in [0.1, 0.15) is 26.4 Å². The van der Waals surface area contributed by atoms with Crippen LogP contribution in [0.5, 0.6) is 5.75 Å². The predicted octanol–water partition coefficient (Wildman–Crippen LogP) is 4.55. The molecule has 0 fully saturated rings. The lowest BCUT2D eigenvalue weighted by Gasteiger charge is -2.15. The van der Waals surface area contributed by atoms with Crippen LogP contribution in [0, 0.1) is 20.2 Å². The maximum atomic E-state index is 12.5. The summed E-state index contributed by atoms with van der Waals surface area (Å²) in [7, 11) is -26.8. The van der Waals surface area contributed by atoms with Gasteiger partial charge in [0.2, 0.25) is 22.2 Å². The Morgan fingerprint density at radius 2 is 1.16 bits per heavy atom. The molecule has 0 atom stereocenters. The van der Waals surface area contributed by atoms with Crippen LogP contribution < -0.4 is 10.6 Å². The average Bonchev–Trinajstić information content (AvgIpc) is 3.56. The first-order valence-corrected chi connectivity index (χ1v) is 23.9. The lowest BCUT2D eigenvalue weighted by Crippen LogP contribution is -2.09. The molecule has 63 heavy (non-hydrogen) atoms. The number of phenolic OH excluding ortho intramolecular Hbond substituents is 1. The molecule has 6 aromatic rings. The van der Waals surface area contributed by atoms with E-state index < -0.39 is 162 Å². The summed E-state index contributed by atoms with van der Waals surface area (Å²) in [5.41, 5.74) is -3.39. The molecule has 4 aromatic carbocycles. The number of thiophene rings is 1. The van der Waals surface area contributed by atoms with E-state index in [0.717, 1.165) is 6.07 Å². The minimum atomic E-state index is -5.48. The number of hydrogen-bond acceptors (Lipinski definition) is 23. The van der Waals surface area contributed by atoms with Crippen molar-refractivity contribution in [2.45, 2.75) is 24.5 Å². The van der Waals surface area contributed by atoms with Gasteiger partial charge >= 0.3 is 10.7 Å². The van der Waals surface area contributed by atoms with Crippen LogP contribution in [-0.4, -0.2) is 94.8 Å². The third-order valence-electron chi connectivity index (χ3n) is 7.93. The zero-order valence-electron chi connectivity index (χ0n) is 29.5. The average molecular weight is 1010 g/mol. The summed E-state index contributed by atoms with van der Waals surface area (Å²) in [4.78, 5) is 26.0. The highest BCUT2D eigenvalue weighted by molar-refractivity contribution is 7.87. The molecule has 0 spiro atoms. The number of fused-ring (bicyclic) bond motifs is 2. The standard InChI is InChI=1S/C27H16ClN9O20S6/c28-25-31-26(29-10-3-13-14(17(4-10)61(49,50)51)5-12(60(46,47)48)7-18(13)62(52,53)54)33-27(32-25)30-15-6-11(59(43,44)45)1-9-2-19(63(55,56)57)22(23(38)21(9)15)34-35-24-16(36(39)40)8-20(58-24)37(41)42/h1-8,38H,(H,43,44,45)(H,46,47,48)(H,49,50,51)(H,52,53,54)(H,55,56,57)(H2,29,30,31,32,33). The number of nitrogens with zero attached hydrogens (tertiary/aromatic N) is 7. The molecule has 0 aliphatic rings. The molecular formula is C27H16ClN9O20S6. The van der Waals surface area contributed by atoms with Crippen LogP contribution in [0.4, 0.5) is 44.6 Å². The Hall–Kier alpha value is -6.25. The second-order valence-corrected chi connectivity index (χ2v) is 20.4. The highest BCUT2D eigenvalue weighted by Crippen LogP contribution is 2.48. The van der Waals surface area contributed by atoms with Crippen LogP contribution >= 0.6 is 22.9 Å². The fraction of sp³-hybridized carbons (Fsp3) is 0. The first-order valence-electron chi connectivity index (χ1n) is 15.5. The van der Waals surface area contributed by atoms with Gasteiger partial charge in [0.05, 0.1) is 25.3 Å². The van der Waals surface area contributed by atoms with Gasteiger partial charge in [-0.05, 0) is 70.8 Å². The van der Waals surface area contributed by atoms with E-state index >= 15 is 0 Å². The van der Waals surface area contributed by atoms with Crippen LogP contribution in [0.2, 0.25) is 5.28 Å². The second kappa shape index (κ2) is 15.8. The van der Waals surface area contributed by atoms with E-state index in [2.05, 4.69) is 35.8 Å². The molecule has 0 saturated carbocycles. The van der Waals surface area contributed by atoms with Crippen LogP contribution in [0.1, 0.15) is 0 Å². The maximum Gasteiger partial charge on any atom is 0.333 e. The number of anilines is 4. The Morgan fingerprint density at radius 3 is 1.70 bits per heavy atom. The van der Waals surface area contributed by atoms with Crippen molar-refractivity contribution in [3.8, 4) is 5.75 Å². The quantitative estimate of drug-likeness (QED) is 0.0340. The summed E-state index contributed by atoms with van der Waals surface area (Å²) < 4.78 is 172. The fourth-order valence-corrected chi connectivity index (χ4v) is 9.65. The molecule has 0 bridgehead atoms. The Bertz CT molecular complexity index is 3640. The molecule has 0 unspecified atom stereocenters. The fourth-order valence-electron chi connectivity index (χ4n) is 5.48. The number of halogens is 1. The van der Waals surface area contributed by atoms with Gasteiger partial charge in [-0.3, -0.25) is 43.0 Å². The molecule has 8 N–H and O–H groups in total. The van der Waals surface area contributed by atoms with Gasteiger partial charge in [0.15, 0.2) is 5.75 Å². The van der Waals surface area contributed by atoms with Gasteiger partial charge in [0, 0.05) is 21.8 Å². The number of hydrogen-bond donors (Lipinski definition) is 8. The number of aromatic nitrogens is 3. The van der Waals surface area contributed by atoms with Crippen molar-refractivity contribution in [2.75, 3.05) is 10.6 Å². The van der Waals surface area contributed by atoms with Crippen molar-refractivity contribution in [3.05, 3.63) is 74.0 Å². The zero-order chi connectivity index (χ0) is 46.9. The van der Waals surface area contributed by atoms with E-state index in [9.17, 15) is 90.2 Å². The molecule has 29 nitrogen and oxygen atoms in total. The van der Waals surface area contributed by atoms with Crippen molar-refractivity contribution in [3.63, 3.8) is 0 Å². The molecule has 36 heteroatoms. The Morgan fingerprint density at radius 1 is 0.619 bits per heavy atom. The summed E-state index contributed by atoms with van der Waals surface area (Å²) in [6, 6.07) is 4.27. The van der Waals surface area contributed by atoms with Gasteiger partial charge < -0.3 is 15.7 Å². The zero-order valence-corrected chi connectivity index (χ0v) is 35.1. The van der Waals surface area contributed by atoms with E-state index in [1.165, 1.54) is 0 Å². The van der Waals surface area contributed by atoms with Crippen molar-refractivity contribution in [1.29, 1.82) is 0 Å². The minimum absolute atomic E-state index is 0.103. The van der Waals surface area contributed by atoms with Crippen molar-refractivity contribution in [2.24, 2.45) is 10.2 Å². The lowest BCUT2D eigenvalue weighted by atomic mass is 10.1. The molecule has 6 rings (SSSR count). The van der Waals surface area contributed by atoms with Crippen LogP contribution in [0.3, 0.4) is 0 Å². The molecular weight excluding hydrogens is 998 g/mol. The lowest BCUT2D eigenvalue weighted by molar-refractivity contribution is -0.389. The SMILES string of the molecule is O=[N+]([O-])c1cc([N+](=O)[O-])c(N=Nc2c(S(=O)(=O)O)cc3cc(S(=O)(=O)O)cc(Nc4nc(Cl)nc(Nc5cc(S(=O)(=O)O)c6cc(S(=O)(=O)O)cc(S(=O)(=O)O)c6c5)n4)c3c2O)s1. The van der Waals surface area contributed by atoms with E-state index in [1.807, 2.05) is 0 Å². The van der Waals surface area contributed by atoms with Gasteiger partial charge in [-0.25, -0.2) is 0 Å². The van der Waals surface area contributed by atoms with Gasteiger partial charge in [-0.2, -0.15) is 57.0 Å². The highest BCUT2D eigenvalue weighted by atomic mass is 35.5. The molecule has 0 saturated heterocycles. The van der Waals surface area contributed by atoms with Crippen LogP contribution in [-0.2, 0) is 50.6 Å². The minimum Gasteiger partial charge on any atom is -0.505 e. The molecule has 2 heterocycles. The number of nitrogens with one attached hydrogen (secondary N) is 2. The Labute approximate surface area is 357 Å². The third-order valence-corrected chi connectivity index (χ3v) is 13.4. The summed E-state index contributed by atoms with van der Waals surface area (Å²) in [6.45, 7) is 0. The third kappa shape index (κ3) is 9.72.